The molecule has 0 amide bonds. The Balaban J connectivity index is 1.22. The van der Waals surface area contributed by atoms with Crippen molar-refractivity contribution >= 4 is 33.0 Å². The fourth-order valence-electron chi connectivity index (χ4n) is 6.04. The molecule has 0 unspecified atom stereocenters. The third kappa shape index (κ3) is 4.78. The van der Waals surface area contributed by atoms with Crippen molar-refractivity contribution in [1.82, 2.24) is 29.9 Å². The quantitative estimate of drug-likeness (QED) is 0.193. The Morgan fingerprint density at radius 2 is 1.09 bits per heavy atom. The summed E-state index contributed by atoms with van der Waals surface area (Å²) >= 11 is 0. The molecular weight excluding hydrogens is 580 g/mol. The standard InChI is InChI=1S/C40H24N6O/c1-3-11-25(12-4-1)37-44-38(26-13-5-2-6-14-26)46-39(45-37)29-17-9-16-28(23-29)32-24-27-15-7-8-18-30(27)35(43-32)31-19-10-20-33-34(31)36-40(47-33)42-22-21-41-36/h1-24H. The Bertz CT molecular complexity index is 2520. The molecular formula is C40H24N6O. The number of furan rings is 1. The van der Waals surface area contributed by atoms with Crippen LogP contribution in [-0.4, -0.2) is 29.9 Å². The Morgan fingerprint density at radius 3 is 1.85 bits per heavy atom. The number of pyridine rings is 1. The van der Waals surface area contributed by atoms with Gasteiger partial charge >= 0.3 is 0 Å². The van der Waals surface area contributed by atoms with Gasteiger partial charge in [0.15, 0.2) is 17.5 Å². The molecule has 9 aromatic rings. The van der Waals surface area contributed by atoms with E-state index in [1.54, 1.807) is 12.4 Å². The van der Waals surface area contributed by atoms with E-state index in [1.807, 2.05) is 97.1 Å². The van der Waals surface area contributed by atoms with E-state index in [0.29, 0.717) is 23.2 Å². The molecule has 0 spiro atoms. The van der Waals surface area contributed by atoms with Crippen molar-refractivity contribution in [2.45, 2.75) is 0 Å². The summed E-state index contributed by atoms with van der Waals surface area (Å²) in [4.78, 5) is 29.1. The topological polar surface area (TPSA) is 90.5 Å². The van der Waals surface area contributed by atoms with Crippen LogP contribution in [0.25, 0.3) is 89.7 Å². The normalized spacial score (nSPS) is 11.4. The van der Waals surface area contributed by atoms with Crippen LogP contribution in [0.15, 0.2) is 150 Å². The summed E-state index contributed by atoms with van der Waals surface area (Å²) in [6, 6.07) is 44.6. The van der Waals surface area contributed by atoms with E-state index in [4.69, 9.17) is 24.4 Å². The highest BCUT2D eigenvalue weighted by atomic mass is 16.3. The van der Waals surface area contributed by atoms with Crippen LogP contribution in [0.4, 0.5) is 0 Å². The van der Waals surface area contributed by atoms with Crippen molar-refractivity contribution < 1.29 is 4.42 Å². The Morgan fingerprint density at radius 1 is 0.468 bits per heavy atom. The Labute approximate surface area is 269 Å². The van der Waals surface area contributed by atoms with E-state index in [2.05, 4.69) is 46.4 Å². The van der Waals surface area contributed by atoms with Gasteiger partial charge in [0.25, 0.3) is 0 Å². The van der Waals surface area contributed by atoms with E-state index in [-0.39, 0.29) is 0 Å². The van der Waals surface area contributed by atoms with Crippen molar-refractivity contribution in [1.29, 1.82) is 0 Å². The van der Waals surface area contributed by atoms with Gasteiger partial charge in [0, 0.05) is 45.6 Å². The molecule has 7 nitrogen and oxygen atoms in total. The zero-order chi connectivity index (χ0) is 31.2. The Hall–Kier alpha value is -6.60. The van der Waals surface area contributed by atoms with E-state index in [1.165, 1.54) is 0 Å². The molecule has 0 N–H and O–H groups in total. The summed E-state index contributed by atoms with van der Waals surface area (Å²) in [5.41, 5.74) is 8.23. The van der Waals surface area contributed by atoms with Gasteiger partial charge < -0.3 is 4.42 Å². The molecule has 0 atom stereocenters. The van der Waals surface area contributed by atoms with Crippen LogP contribution in [-0.2, 0) is 0 Å². The van der Waals surface area contributed by atoms with Gasteiger partial charge in [-0.3, -0.25) is 0 Å². The molecule has 0 radical (unpaired) electrons. The van der Waals surface area contributed by atoms with Crippen LogP contribution in [0.1, 0.15) is 0 Å². The predicted molar refractivity (Wildman–Crippen MR) is 185 cm³/mol. The summed E-state index contributed by atoms with van der Waals surface area (Å²) < 4.78 is 6.07. The number of nitrogens with zero attached hydrogens (tertiary/aromatic N) is 6. The smallest absolute Gasteiger partial charge is 0.246 e. The maximum absolute atomic E-state index is 6.07. The molecule has 220 valence electrons. The highest BCUT2D eigenvalue weighted by molar-refractivity contribution is 6.12. The molecule has 9 rings (SSSR count). The fourth-order valence-corrected chi connectivity index (χ4v) is 6.04. The van der Waals surface area contributed by atoms with E-state index < -0.39 is 0 Å². The second-order valence-corrected chi connectivity index (χ2v) is 11.2. The number of hydrogen-bond donors (Lipinski definition) is 0. The molecule has 0 saturated heterocycles. The highest BCUT2D eigenvalue weighted by Gasteiger charge is 2.19. The van der Waals surface area contributed by atoms with Crippen LogP contribution >= 0.6 is 0 Å². The first-order valence-electron chi connectivity index (χ1n) is 15.3. The fraction of sp³-hybridized carbons (Fsp3) is 0. The third-order valence-corrected chi connectivity index (χ3v) is 8.25. The molecule has 5 aromatic carbocycles. The first-order chi connectivity index (χ1) is 23.3. The van der Waals surface area contributed by atoms with Crippen LogP contribution in [0.2, 0.25) is 0 Å². The van der Waals surface area contributed by atoms with Crippen molar-refractivity contribution in [2.24, 2.45) is 0 Å². The second-order valence-electron chi connectivity index (χ2n) is 11.2. The molecule has 7 heteroatoms. The number of hydrogen-bond acceptors (Lipinski definition) is 7. The zero-order valence-electron chi connectivity index (χ0n) is 24.9. The van der Waals surface area contributed by atoms with Gasteiger partial charge in [-0.25, -0.2) is 29.9 Å². The van der Waals surface area contributed by atoms with Gasteiger partial charge in [-0.05, 0) is 23.6 Å². The zero-order valence-corrected chi connectivity index (χ0v) is 24.9. The van der Waals surface area contributed by atoms with Crippen molar-refractivity contribution in [3.05, 3.63) is 146 Å². The molecule has 47 heavy (non-hydrogen) atoms. The molecule has 0 aliphatic carbocycles. The van der Waals surface area contributed by atoms with Crippen molar-refractivity contribution in [3.63, 3.8) is 0 Å². The molecule has 4 aromatic heterocycles. The number of fused-ring (bicyclic) bond motifs is 4. The minimum absolute atomic E-state index is 0.505. The minimum Gasteiger partial charge on any atom is -0.436 e. The molecule has 4 heterocycles. The van der Waals surface area contributed by atoms with Gasteiger partial charge in [-0.1, -0.05) is 115 Å². The van der Waals surface area contributed by atoms with E-state index in [9.17, 15) is 0 Å². The lowest BCUT2D eigenvalue weighted by Crippen LogP contribution is -2.00. The first-order valence-corrected chi connectivity index (χ1v) is 15.3. The summed E-state index contributed by atoms with van der Waals surface area (Å²) in [6.07, 6.45) is 3.33. The molecule has 0 aliphatic rings. The van der Waals surface area contributed by atoms with Crippen LogP contribution in [0.5, 0.6) is 0 Å². The van der Waals surface area contributed by atoms with Gasteiger partial charge in [0.1, 0.15) is 11.1 Å². The monoisotopic (exact) mass is 604 g/mol. The minimum atomic E-state index is 0.505. The molecule has 0 fully saturated rings. The average molecular weight is 605 g/mol. The lowest BCUT2D eigenvalue weighted by molar-refractivity contribution is 0.653. The predicted octanol–water partition coefficient (Wildman–Crippen LogP) is 9.44. The van der Waals surface area contributed by atoms with Crippen LogP contribution < -0.4 is 0 Å². The molecule has 0 saturated carbocycles. The summed E-state index contributed by atoms with van der Waals surface area (Å²) in [5.74, 6) is 1.83. The summed E-state index contributed by atoms with van der Waals surface area (Å²) in [5, 5.41) is 3.01. The lowest BCUT2D eigenvalue weighted by Gasteiger charge is -2.12. The highest BCUT2D eigenvalue weighted by Crippen LogP contribution is 2.39. The van der Waals surface area contributed by atoms with Crippen LogP contribution in [0, 0.1) is 0 Å². The maximum atomic E-state index is 6.07. The summed E-state index contributed by atoms with van der Waals surface area (Å²) in [6.45, 7) is 0. The summed E-state index contributed by atoms with van der Waals surface area (Å²) in [7, 11) is 0. The number of aromatic nitrogens is 6. The van der Waals surface area contributed by atoms with Gasteiger partial charge in [-0.2, -0.15) is 0 Å². The lowest BCUT2D eigenvalue weighted by atomic mass is 9.98. The SMILES string of the molecule is c1ccc(-c2nc(-c3ccccc3)nc(-c3cccc(-c4cc5ccccc5c(-c5cccc6oc7nccnc7c56)n4)c3)n2)cc1. The largest absolute Gasteiger partial charge is 0.436 e. The van der Waals surface area contributed by atoms with Gasteiger partial charge in [0.05, 0.1) is 16.8 Å². The van der Waals surface area contributed by atoms with Gasteiger partial charge in [-0.15, -0.1) is 0 Å². The van der Waals surface area contributed by atoms with Crippen molar-refractivity contribution in [3.8, 4) is 56.7 Å². The first kappa shape index (κ1) is 26.8. The van der Waals surface area contributed by atoms with E-state index >= 15 is 0 Å². The van der Waals surface area contributed by atoms with E-state index in [0.717, 1.165) is 66.5 Å². The van der Waals surface area contributed by atoms with Crippen LogP contribution in [0.3, 0.4) is 0 Å². The maximum Gasteiger partial charge on any atom is 0.246 e. The van der Waals surface area contributed by atoms with Crippen molar-refractivity contribution in [2.75, 3.05) is 0 Å². The number of benzene rings is 5. The third-order valence-electron chi connectivity index (χ3n) is 8.25. The van der Waals surface area contributed by atoms with Gasteiger partial charge in [0.2, 0.25) is 5.71 Å². The second kappa shape index (κ2) is 11.1. The molecule has 0 aliphatic heterocycles. The Kier molecular flexibility index (Phi) is 6.31. The number of rotatable bonds is 5. The average Bonchev–Trinajstić information content (AvgIpc) is 3.54. The molecule has 0 bridgehead atoms.